The summed E-state index contributed by atoms with van der Waals surface area (Å²) in [4.78, 5) is 4.29. The van der Waals surface area contributed by atoms with Crippen LogP contribution < -0.4 is 0 Å². The second-order valence-corrected chi connectivity index (χ2v) is 5.26. The van der Waals surface area contributed by atoms with Gasteiger partial charge in [0.15, 0.2) is 5.82 Å². The van der Waals surface area contributed by atoms with E-state index in [0.717, 1.165) is 5.56 Å². The number of benzene rings is 1. The van der Waals surface area contributed by atoms with Crippen LogP contribution in [-0.4, -0.2) is 38.8 Å². The molecule has 102 valence electrons. The minimum atomic E-state index is -0.700. The van der Waals surface area contributed by atoms with E-state index < -0.39 is 6.10 Å². The average Bonchev–Trinajstić information content (AvgIpc) is 2.88. The summed E-state index contributed by atoms with van der Waals surface area (Å²) in [6, 6.07) is 7.86. The molecule has 0 saturated heterocycles. The smallest absolute Gasteiger partial charge is 0.257 e. The normalized spacial score (nSPS) is 12.6. The number of hydrogen-bond acceptors (Lipinski definition) is 6. The van der Waals surface area contributed by atoms with Crippen molar-refractivity contribution in [3.8, 4) is 11.5 Å². The van der Waals surface area contributed by atoms with E-state index in [1.165, 1.54) is 17.3 Å². The van der Waals surface area contributed by atoms with Crippen molar-refractivity contribution >= 4 is 11.8 Å². The second kappa shape index (κ2) is 6.70. The van der Waals surface area contributed by atoms with Crippen LogP contribution >= 0.6 is 11.8 Å². The molecule has 2 aromatic rings. The van der Waals surface area contributed by atoms with Gasteiger partial charge in [0.05, 0.1) is 18.5 Å². The standard InChI is InChI=1S/C13H16N2O3S/c1-9-2-4-10(5-3-9)13-14-12(15-18-13)8-19-7-11(17)6-16/h2-5,11,16-17H,6-8H2,1H3. The third-order valence-corrected chi connectivity index (χ3v) is 3.60. The van der Waals surface area contributed by atoms with Crippen LogP contribution in [0.15, 0.2) is 28.8 Å². The lowest BCUT2D eigenvalue weighted by Crippen LogP contribution is -2.14. The number of aliphatic hydroxyl groups excluding tert-OH is 2. The Morgan fingerprint density at radius 1 is 1.32 bits per heavy atom. The first kappa shape index (κ1) is 14.0. The molecule has 0 aliphatic rings. The molecule has 5 nitrogen and oxygen atoms in total. The van der Waals surface area contributed by atoms with Gasteiger partial charge in [0.1, 0.15) is 0 Å². The molecule has 0 saturated carbocycles. The van der Waals surface area contributed by atoms with E-state index in [2.05, 4.69) is 10.1 Å². The largest absolute Gasteiger partial charge is 0.394 e. The van der Waals surface area contributed by atoms with Gasteiger partial charge in [-0.15, -0.1) is 0 Å². The number of aromatic nitrogens is 2. The molecule has 0 spiro atoms. The van der Waals surface area contributed by atoms with Crippen LogP contribution in [0.2, 0.25) is 0 Å². The fourth-order valence-corrected chi connectivity index (χ4v) is 2.26. The van der Waals surface area contributed by atoms with Gasteiger partial charge in [0, 0.05) is 11.3 Å². The van der Waals surface area contributed by atoms with Crippen LogP contribution in [0.25, 0.3) is 11.5 Å². The van der Waals surface area contributed by atoms with Gasteiger partial charge in [-0.1, -0.05) is 22.9 Å². The Balaban J connectivity index is 1.93. The van der Waals surface area contributed by atoms with Crippen molar-refractivity contribution in [3.05, 3.63) is 35.7 Å². The van der Waals surface area contributed by atoms with Crippen molar-refractivity contribution < 1.29 is 14.7 Å². The molecule has 1 aromatic carbocycles. The van der Waals surface area contributed by atoms with Crippen LogP contribution in [0.4, 0.5) is 0 Å². The number of hydrogen-bond donors (Lipinski definition) is 2. The Labute approximate surface area is 115 Å². The van der Waals surface area contributed by atoms with E-state index in [9.17, 15) is 5.11 Å². The summed E-state index contributed by atoms with van der Waals surface area (Å²) in [5, 5.41) is 21.8. The van der Waals surface area contributed by atoms with Crippen molar-refractivity contribution in [2.24, 2.45) is 0 Å². The van der Waals surface area contributed by atoms with Gasteiger partial charge in [-0.2, -0.15) is 16.7 Å². The summed E-state index contributed by atoms with van der Waals surface area (Å²) in [5.74, 6) is 2.08. The second-order valence-electron chi connectivity index (χ2n) is 4.23. The third-order valence-electron chi connectivity index (χ3n) is 2.52. The van der Waals surface area contributed by atoms with Crippen molar-refractivity contribution in [1.29, 1.82) is 0 Å². The summed E-state index contributed by atoms with van der Waals surface area (Å²) in [6.45, 7) is 1.79. The molecule has 19 heavy (non-hydrogen) atoms. The molecule has 0 fully saturated rings. The van der Waals surface area contributed by atoms with E-state index >= 15 is 0 Å². The Morgan fingerprint density at radius 3 is 2.74 bits per heavy atom. The van der Waals surface area contributed by atoms with E-state index in [4.69, 9.17) is 9.63 Å². The van der Waals surface area contributed by atoms with Gasteiger partial charge in [-0.25, -0.2) is 0 Å². The number of aliphatic hydroxyl groups is 2. The molecule has 2 N–H and O–H groups in total. The van der Waals surface area contributed by atoms with Crippen molar-refractivity contribution in [2.75, 3.05) is 12.4 Å². The van der Waals surface area contributed by atoms with Gasteiger partial charge in [-0.3, -0.25) is 0 Å². The monoisotopic (exact) mass is 280 g/mol. The van der Waals surface area contributed by atoms with Crippen LogP contribution in [0.1, 0.15) is 11.4 Å². The zero-order valence-corrected chi connectivity index (χ0v) is 11.4. The van der Waals surface area contributed by atoms with Crippen LogP contribution in [0, 0.1) is 6.92 Å². The summed E-state index contributed by atoms with van der Waals surface area (Å²) >= 11 is 1.46. The molecular weight excluding hydrogens is 264 g/mol. The molecule has 1 aromatic heterocycles. The summed E-state index contributed by atoms with van der Waals surface area (Å²) in [7, 11) is 0. The predicted molar refractivity (Wildman–Crippen MR) is 73.7 cm³/mol. The highest BCUT2D eigenvalue weighted by Crippen LogP contribution is 2.19. The molecule has 0 aliphatic heterocycles. The van der Waals surface area contributed by atoms with E-state index in [-0.39, 0.29) is 6.61 Å². The molecule has 6 heteroatoms. The average molecular weight is 280 g/mol. The van der Waals surface area contributed by atoms with Gasteiger partial charge in [0.25, 0.3) is 5.89 Å². The molecule has 0 amide bonds. The first-order chi connectivity index (χ1) is 9.19. The maximum Gasteiger partial charge on any atom is 0.257 e. The van der Waals surface area contributed by atoms with Gasteiger partial charge < -0.3 is 14.7 Å². The fourth-order valence-electron chi connectivity index (χ4n) is 1.46. The Hall–Kier alpha value is -1.37. The molecule has 1 atom stereocenters. The number of nitrogens with zero attached hydrogens (tertiary/aromatic N) is 2. The highest BCUT2D eigenvalue weighted by molar-refractivity contribution is 7.98. The zero-order valence-electron chi connectivity index (χ0n) is 10.6. The maximum absolute atomic E-state index is 9.21. The van der Waals surface area contributed by atoms with Gasteiger partial charge in [-0.05, 0) is 19.1 Å². The van der Waals surface area contributed by atoms with E-state index in [0.29, 0.717) is 23.2 Å². The van der Waals surface area contributed by atoms with Crippen LogP contribution in [-0.2, 0) is 5.75 Å². The van der Waals surface area contributed by atoms with Crippen molar-refractivity contribution in [2.45, 2.75) is 18.8 Å². The first-order valence-electron chi connectivity index (χ1n) is 5.95. The Bertz CT molecular complexity index is 513. The van der Waals surface area contributed by atoms with Crippen LogP contribution in [0.5, 0.6) is 0 Å². The zero-order chi connectivity index (χ0) is 13.7. The fraction of sp³-hybridized carbons (Fsp3) is 0.385. The highest BCUT2D eigenvalue weighted by atomic mass is 32.2. The quantitative estimate of drug-likeness (QED) is 0.837. The molecule has 1 heterocycles. The third kappa shape index (κ3) is 4.05. The lowest BCUT2D eigenvalue weighted by molar-refractivity contribution is 0.113. The minimum Gasteiger partial charge on any atom is -0.394 e. The minimum absolute atomic E-state index is 0.228. The molecule has 0 radical (unpaired) electrons. The topological polar surface area (TPSA) is 79.4 Å². The Kier molecular flexibility index (Phi) is 4.95. The van der Waals surface area contributed by atoms with Crippen molar-refractivity contribution in [1.82, 2.24) is 10.1 Å². The van der Waals surface area contributed by atoms with Gasteiger partial charge >= 0.3 is 0 Å². The highest BCUT2D eigenvalue weighted by Gasteiger charge is 2.09. The number of thioether (sulfide) groups is 1. The number of rotatable bonds is 6. The summed E-state index contributed by atoms with van der Waals surface area (Å²) in [6.07, 6.45) is -0.700. The summed E-state index contributed by atoms with van der Waals surface area (Å²) < 4.78 is 5.19. The molecule has 1 unspecified atom stereocenters. The predicted octanol–water partition coefficient (Wildman–Crippen LogP) is 1.63. The molecule has 2 rings (SSSR count). The van der Waals surface area contributed by atoms with E-state index in [1.54, 1.807) is 0 Å². The van der Waals surface area contributed by atoms with E-state index in [1.807, 2.05) is 31.2 Å². The molecular formula is C13H16N2O3S. The lowest BCUT2D eigenvalue weighted by Gasteiger charge is -2.03. The van der Waals surface area contributed by atoms with Crippen LogP contribution in [0.3, 0.4) is 0 Å². The molecule has 0 aliphatic carbocycles. The molecule has 0 bridgehead atoms. The van der Waals surface area contributed by atoms with Crippen molar-refractivity contribution in [3.63, 3.8) is 0 Å². The summed E-state index contributed by atoms with van der Waals surface area (Å²) in [5.41, 5.74) is 2.07. The maximum atomic E-state index is 9.21. The first-order valence-corrected chi connectivity index (χ1v) is 7.11. The number of aryl methyl sites for hydroxylation is 1. The SMILES string of the molecule is Cc1ccc(-c2nc(CSCC(O)CO)no2)cc1. The van der Waals surface area contributed by atoms with Gasteiger partial charge in [0.2, 0.25) is 0 Å². The lowest BCUT2D eigenvalue weighted by atomic mass is 10.1. The Morgan fingerprint density at radius 2 is 2.05 bits per heavy atom.